The van der Waals surface area contributed by atoms with Gasteiger partial charge in [-0.25, -0.2) is 12.8 Å². The number of nitrogens with zero attached hydrogens (tertiary/aromatic N) is 1. The number of rotatable bonds is 6. The van der Waals surface area contributed by atoms with Crippen molar-refractivity contribution >= 4 is 32.4 Å². The van der Waals surface area contributed by atoms with Crippen LogP contribution >= 0.6 is 0 Å². The van der Waals surface area contributed by atoms with Crippen LogP contribution in [0.3, 0.4) is 0 Å². The van der Waals surface area contributed by atoms with E-state index in [1.54, 1.807) is 0 Å². The number of nitrogens with one attached hydrogen (secondary N) is 1. The summed E-state index contributed by atoms with van der Waals surface area (Å²) in [5.41, 5.74) is 1.03. The van der Waals surface area contributed by atoms with Crippen molar-refractivity contribution in [3.05, 3.63) is 78.1 Å². The highest BCUT2D eigenvalue weighted by Gasteiger charge is 2.29. The molecule has 28 heavy (non-hydrogen) atoms. The maximum atomic E-state index is 13.6. The summed E-state index contributed by atoms with van der Waals surface area (Å²) in [6.07, 6.45) is 0.992. The molecule has 1 amide bonds. The molecule has 0 unspecified atom stereocenters. The molecule has 0 radical (unpaired) electrons. The smallest absolute Gasteiger partial charge is 0.243 e. The van der Waals surface area contributed by atoms with Crippen LogP contribution in [0.4, 0.5) is 10.1 Å². The molecule has 0 bridgehead atoms. The van der Waals surface area contributed by atoms with Crippen LogP contribution in [0.2, 0.25) is 0 Å². The van der Waals surface area contributed by atoms with Crippen LogP contribution in [0.15, 0.2) is 66.7 Å². The fourth-order valence-corrected chi connectivity index (χ4v) is 4.37. The highest BCUT2D eigenvalue weighted by Crippen LogP contribution is 2.22. The first-order valence-electron chi connectivity index (χ1n) is 8.76. The van der Waals surface area contributed by atoms with E-state index in [4.69, 9.17) is 0 Å². The predicted molar refractivity (Wildman–Crippen MR) is 109 cm³/mol. The van der Waals surface area contributed by atoms with Gasteiger partial charge in [0.1, 0.15) is 11.9 Å². The summed E-state index contributed by atoms with van der Waals surface area (Å²) in [5.74, 6) is -1.04. The SMILES string of the molecule is C[C@H](C(=O)NCc1cccc2ccccc12)N(c1cccc(F)c1)S(C)(=O)=O. The monoisotopic (exact) mass is 400 g/mol. The maximum Gasteiger partial charge on any atom is 0.243 e. The molecule has 3 rings (SSSR count). The molecule has 0 spiro atoms. The Hall–Kier alpha value is -2.93. The van der Waals surface area contributed by atoms with Crippen LogP contribution in [0.25, 0.3) is 10.8 Å². The van der Waals surface area contributed by atoms with Crippen LogP contribution in [0.1, 0.15) is 12.5 Å². The second-order valence-electron chi connectivity index (χ2n) is 6.57. The molecule has 5 nitrogen and oxygen atoms in total. The molecule has 0 aromatic heterocycles. The average molecular weight is 400 g/mol. The predicted octanol–water partition coefficient (Wildman–Crippen LogP) is 3.45. The summed E-state index contributed by atoms with van der Waals surface area (Å²) in [5, 5.41) is 4.86. The molecule has 3 aromatic carbocycles. The van der Waals surface area contributed by atoms with E-state index in [-0.39, 0.29) is 12.2 Å². The Kier molecular flexibility index (Phi) is 5.65. The van der Waals surface area contributed by atoms with Gasteiger partial charge in [0, 0.05) is 6.54 Å². The quantitative estimate of drug-likeness (QED) is 0.689. The van der Waals surface area contributed by atoms with Crippen LogP contribution in [-0.2, 0) is 21.4 Å². The van der Waals surface area contributed by atoms with E-state index in [1.165, 1.54) is 25.1 Å². The number of sulfonamides is 1. The molecule has 0 heterocycles. The Bertz CT molecular complexity index is 1110. The lowest BCUT2D eigenvalue weighted by atomic mass is 10.0. The zero-order valence-electron chi connectivity index (χ0n) is 15.6. The van der Waals surface area contributed by atoms with Crippen molar-refractivity contribution in [2.24, 2.45) is 0 Å². The molecule has 0 aliphatic carbocycles. The average Bonchev–Trinajstić information content (AvgIpc) is 2.65. The minimum absolute atomic E-state index is 0.107. The topological polar surface area (TPSA) is 66.5 Å². The fraction of sp³-hybridized carbons (Fsp3) is 0.190. The molecule has 146 valence electrons. The number of carbonyl (C=O) groups excluding carboxylic acids is 1. The van der Waals surface area contributed by atoms with Gasteiger partial charge in [0.25, 0.3) is 0 Å². The molecule has 3 aromatic rings. The second kappa shape index (κ2) is 7.98. The first-order valence-corrected chi connectivity index (χ1v) is 10.6. The molecule has 0 saturated carbocycles. The number of anilines is 1. The Morgan fingerprint density at radius 2 is 1.75 bits per heavy atom. The fourth-order valence-electron chi connectivity index (χ4n) is 3.20. The van der Waals surface area contributed by atoms with Crippen molar-refractivity contribution < 1.29 is 17.6 Å². The molecule has 0 saturated heterocycles. The van der Waals surface area contributed by atoms with Crippen molar-refractivity contribution in [1.82, 2.24) is 5.32 Å². The lowest BCUT2D eigenvalue weighted by Crippen LogP contribution is -2.47. The van der Waals surface area contributed by atoms with Crippen molar-refractivity contribution in [2.45, 2.75) is 19.5 Å². The number of halogens is 1. The number of carbonyl (C=O) groups is 1. The van der Waals surface area contributed by atoms with E-state index in [9.17, 15) is 17.6 Å². The van der Waals surface area contributed by atoms with E-state index >= 15 is 0 Å². The summed E-state index contributed by atoms with van der Waals surface area (Å²) in [6, 6.07) is 17.8. The van der Waals surface area contributed by atoms with Gasteiger partial charge >= 0.3 is 0 Å². The van der Waals surface area contributed by atoms with Gasteiger partial charge in [-0.1, -0.05) is 48.5 Å². The molecule has 0 aliphatic rings. The van der Waals surface area contributed by atoms with Crippen molar-refractivity contribution in [3.63, 3.8) is 0 Å². The van der Waals surface area contributed by atoms with Gasteiger partial charge in [0.05, 0.1) is 11.9 Å². The third-order valence-electron chi connectivity index (χ3n) is 4.48. The number of hydrogen-bond donors (Lipinski definition) is 1. The summed E-state index contributed by atoms with van der Waals surface area (Å²) < 4.78 is 39.0. The van der Waals surface area contributed by atoms with Gasteiger partial charge in [0.2, 0.25) is 15.9 Å². The third kappa shape index (κ3) is 4.31. The van der Waals surface area contributed by atoms with Gasteiger partial charge in [-0.2, -0.15) is 0 Å². The number of amides is 1. The Labute approximate surface area is 163 Å². The number of fused-ring (bicyclic) bond motifs is 1. The third-order valence-corrected chi connectivity index (χ3v) is 5.73. The van der Waals surface area contributed by atoms with E-state index in [0.717, 1.165) is 33.0 Å². The molecule has 0 fully saturated rings. The van der Waals surface area contributed by atoms with E-state index < -0.39 is 27.8 Å². The summed E-state index contributed by atoms with van der Waals surface area (Å²) in [6.45, 7) is 1.73. The number of hydrogen-bond acceptors (Lipinski definition) is 3. The Balaban J connectivity index is 1.82. The van der Waals surface area contributed by atoms with Crippen molar-refractivity contribution in [1.29, 1.82) is 0 Å². The summed E-state index contributed by atoms with van der Waals surface area (Å²) in [7, 11) is -3.79. The standard InChI is InChI=1S/C21H21FN2O3S/c1-15(24(28(2,26)27)19-11-6-10-18(22)13-19)21(25)23-14-17-9-5-8-16-7-3-4-12-20(16)17/h3-13,15H,14H2,1-2H3,(H,23,25)/t15-/m1/s1. The maximum absolute atomic E-state index is 13.6. The first kappa shape index (κ1) is 19.8. The zero-order valence-corrected chi connectivity index (χ0v) is 16.4. The molecular weight excluding hydrogens is 379 g/mol. The van der Waals surface area contributed by atoms with Crippen LogP contribution < -0.4 is 9.62 Å². The van der Waals surface area contributed by atoms with Gasteiger partial charge in [0.15, 0.2) is 0 Å². The van der Waals surface area contributed by atoms with Gasteiger partial charge < -0.3 is 5.32 Å². The Morgan fingerprint density at radius 3 is 2.46 bits per heavy atom. The van der Waals surface area contributed by atoms with E-state index in [0.29, 0.717) is 0 Å². The normalized spacial score (nSPS) is 12.5. The second-order valence-corrected chi connectivity index (χ2v) is 8.43. The van der Waals surface area contributed by atoms with Crippen molar-refractivity contribution in [2.75, 3.05) is 10.6 Å². The zero-order chi connectivity index (χ0) is 20.3. The minimum Gasteiger partial charge on any atom is -0.350 e. The van der Waals surface area contributed by atoms with E-state index in [1.807, 2.05) is 42.5 Å². The summed E-state index contributed by atoms with van der Waals surface area (Å²) >= 11 is 0. The molecule has 0 aliphatic heterocycles. The van der Waals surface area contributed by atoms with E-state index in [2.05, 4.69) is 5.32 Å². The first-order chi connectivity index (χ1) is 13.3. The van der Waals surface area contributed by atoms with Crippen molar-refractivity contribution in [3.8, 4) is 0 Å². The van der Waals surface area contributed by atoms with Crippen LogP contribution in [-0.4, -0.2) is 26.6 Å². The largest absolute Gasteiger partial charge is 0.350 e. The van der Waals surface area contributed by atoms with Gasteiger partial charge in [-0.3, -0.25) is 9.10 Å². The van der Waals surface area contributed by atoms with Gasteiger partial charge in [-0.05, 0) is 41.5 Å². The van der Waals surface area contributed by atoms with Crippen LogP contribution in [0, 0.1) is 5.82 Å². The molecule has 7 heteroatoms. The summed E-state index contributed by atoms with van der Waals surface area (Å²) in [4.78, 5) is 12.7. The molecule has 1 N–H and O–H groups in total. The lowest BCUT2D eigenvalue weighted by Gasteiger charge is -2.28. The molecular formula is C21H21FN2O3S. The Morgan fingerprint density at radius 1 is 1.07 bits per heavy atom. The minimum atomic E-state index is -3.79. The lowest BCUT2D eigenvalue weighted by molar-refractivity contribution is -0.122. The highest BCUT2D eigenvalue weighted by atomic mass is 32.2. The molecule has 1 atom stereocenters. The van der Waals surface area contributed by atoms with Crippen LogP contribution in [0.5, 0.6) is 0 Å². The van der Waals surface area contributed by atoms with Gasteiger partial charge in [-0.15, -0.1) is 0 Å². The highest BCUT2D eigenvalue weighted by molar-refractivity contribution is 7.92. The number of benzene rings is 3.